The van der Waals surface area contributed by atoms with Crippen molar-refractivity contribution in [3.63, 3.8) is 0 Å². The van der Waals surface area contributed by atoms with Gasteiger partial charge >= 0.3 is 0 Å². The smallest absolute Gasteiger partial charge is 0.250 e. The lowest BCUT2D eigenvalue weighted by atomic mass is 9.75. The minimum Gasteiger partial charge on any atom is -0.454 e. The highest BCUT2D eigenvalue weighted by Crippen LogP contribution is 2.60. The number of fused-ring (bicyclic) bond motifs is 8. The first kappa shape index (κ1) is 17.3. The molecule has 2 aromatic carbocycles. The fourth-order valence-electron chi connectivity index (χ4n) is 6.44. The molecule has 0 aromatic heterocycles. The van der Waals surface area contributed by atoms with Crippen molar-refractivity contribution in [2.45, 2.75) is 24.4 Å². The maximum atomic E-state index is 13.9. The number of ether oxygens (including phenoxy) is 2. The molecule has 5 aliphatic heterocycles. The summed E-state index contributed by atoms with van der Waals surface area (Å²) in [5.41, 5.74) is 0.842. The van der Waals surface area contributed by atoms with Gasteiger partial charge in [-0.05, 0) is 37.6 Å². The van der Waals surface area contributed by atoms with E-state index in [-0.39, 0.29) is 30.6 Å². The van der Waals surface area contributed by atoms with Crippen molar-refractivity contribution in [3.05, 3.63) is 48.0 Å². The Morgan fingerprint density at radius 1 is 1.00 bits per heavy atom. The number of benzene rings is 2. The molecule has 8 heteroatoms. The molecule has 5 aliphatic rings. The van der Waals surface area contributed by atoms with Gasteiger partial charge in [-0.3, -0.25) is 19.3 Å². The van der Waals surface area contributed by atoms with Gasteiger partial charge in [-0.1, -0.05) is 18.2 Å². The third-order valence-corrected chi connectivity index (χ3v) is 7.51. The van der Waals surface area contributed by atoms with Crippen molar-refractivity contribution in [1.29, 1.82) is 0 Å². The van der Waals surface area contributed by atoms with Gasteiger partial charge in [0.05, 0.1) is 17.5 Å². The van der Waals surface area contributed by atoms with Gasteiger partial charge in [0.25, 0.3) is 0 Å². The molecule has 156 valence electrons. The van der Waals surface area contributed by atoms with Gasteiger partial charge in [0.2, 0.25) is 24.5 Å². The molecule has 5 heterocycles. The highest BCUT2D eigenvalue weighted by Gasteiger charge is 2.74. The molecule has 0 saturated carbocycles. The molecule has 1 spiro atoms. The number of amides is 3. The highest BCUT2D eigenvalue weighted by atomic mass is 16.7. The summed E-state index contributed by atoms with van der Waals surface area (Å²) in [5.74, 6) is -0.963. The molecule has 3 saturated heterocycles. The zero-order valence-corrected chi connectivity index (χ0v) is 16.5. The zero-order chi connectivity index (χ0) is 20.9. The molecule has 31 heavy (non-hydrogen) atoms. The number of nitrogens with one attached hydrogen (secondary N) is 1. The fraction of sp³-hybridized carbons (Fsp3) is 0.348. The maximum Gasteiger partial charge on any atom is 0.250 e. The van der Waals surface area contributed by atoms with Crippen LogP contribution in [0.3, 0.4) is 0 Å². The molecule has 7 rings (SSSR count). The van der Waals surface area contributed by atoms with E-state index in [0.717, 1.165) is 24.1 Å². The minimum absolute atomic E-state index is 0.114. The van der Waals surface area contributed by atoms with Crippen molar-refractivity contribution in [3.8, 4) is 11.5 Å². The van der Waals surface area contributed by atoms with Crippen LogP contribution in [0.5, 0.6) is 11.5 Å². The van der Waals surface area contributed by atoms with E-state index in [9.17, 15) is 14.4 Å². The topological polar surface area (TPSA) is 88.2 Å². The van der Waals surface area contributed by atoms with E-state index in [1.165, 1.54) is 4.90 Å². The van der Waals surface area contributed by atoms with E-state index < -0.39 is 17.4 Å². The molecule has 0 radical (unpaired) electrons. The molecule has 0 unspecified atom stereocenters. The number of carbonyl (C=O) groups excluding carboxylic acids is 3. The van der Waals surface area contributed by atoms with Crippen molar-refractivity contribution in [2.24, 2.45) is 11.8 Å². The van der Waals surface area contributed by atoms with Crippen molar-refractivity contribution in [1.82, 2.24) is 4.90 Å². The van der Waals surface area contributed by atoms with E-state index in [4.69, 9.17) is 9.47 Å². The van der Waals surface area contributed by atoms with E-state index in [1.807, 2.05) is 24.3 Å². The largest absolute Gasteiger partial charge is 0.454 e. The minimum atomic E-state index is -1.14. The Kier molecular flexibility index (Phi) is 3.15. The summed E-state index contributed by atoms with van der Waals surface area (Å²) < 4.78 is 10.8. The summed E-state index contributed by atoms with van der Waals surface area (Å²) in [6.45, 7) is 0.813. The van der Waals surface area contributed by atoms with Gasteiger partial charge in [0.15, 0.2) is 11.5 Å². The molecule has 2 aromatic rings. The van der Waals surface area contributed by atoms with Crippen LogP contribution in [0.25, 0.3) is 0 Å². The Balaban J connectivity index is 1.40. The molecule has 1 N–H and O–H groups in total. The van der Waals surface area contributed by atoms with Crippen LogP contribution in [-0.2, 0) is 19.9 Å². The van der Waals surface area contributed by atoms with Gasteiger partial charge < -0.3 is 14.8 Å². The Bertz CT molecular complexity index is 1200. The van der Waals surface area contributed by atoms with Crippen LogP contribution in [0.2, 0.25) is 0 Å². The third-order valence-electron chi connectivity index (χ3n) is 7.51. The van der Waals surface area contributed by atoms with Gasteiger partial charge in [0.1, 0.15) is 5.54 Å². The highest BCUT2D eigenvalue weighted by molar-refractivity contribution is 6.26. The fourth-order valence-corrected chi connectivity index (χ4v) is 6.44. The van der Waals surface area contributed by atoms with Crippen molar-refractivity contribution >= 4 is 29.1 Å². The normalized spacial score (nSPS) is 32.6. The lowest BCUT2D eigenvalue weighted by Gasteiger charge is -2.36. The first-order chi connectivity index (χ1) is 15.1. The summed E-state index contributed by atoms with van der Waals surface area (Å²) in [7, 11) is 0. The molecular weight excluding hydrogens is 398 g/mol. The lowest BCUT2D eigenvalue weighted by molar-refractivity contribution is -0.135. The van der Waals surface area contributed by atoms with Crippen LogP contribution in [0.15, 0.2) is 42.5 Å². The van der Waals surface area contributed by atoms with E-state index in [0.29, 0.717) is 23.7 Å². The van der Waals surface area contributed by atoms with Crippen LogP contribution in [0.4, 0.5) is 11.4 Å². The van der Waals surface area contributed by atoms with Crippen LogP contribution < -0.4 is 19.7 Å². The molecular formula is C23H19N3O5. The predicted molar refractivity (Wildman–Crippen MR) is 109 cm³/mol. The number of hydrogen-bond donors (Lipinski definition) is 1. The molecule has 4 atom stereocenters. The quantitative estimate of drug-likeness (QED) is 0.713. The first-order valence-corrected chi connectivity index (χ1v) is 10.6. The van der Waals surface area contributed by atoms with Gasteiger partial charge in [-0.15, -0.1) is 0 Å². The third kappa shape index (κ3) is 1.88. The summed E-state index contributed by atoms with van der Waals surface area (Å²) in [5, 5.41) is 2.98. The predicted octanol–water partition coefficient (Wildman–Crippen LogP) is 1.85. The van der Waals surface area contributed by atoms with E-state index in [2.05, 4.69) is 10.2 Å². The molecule has 0 bridgehead atoms. The van der Waals surface area contributed by atoms with E-state index in [1.54, 1.807) is 18.2 Å². The second kappa shape index (κ2) is 5.64. The van der Waals surface area contributed by atoms with E-state index >= 15 is 0 Å². The summed E-state index contributed by atoms with van der Waals surface area (Å²) in [6.07, 6.45) is 1.70. The standard InChI is InChI=1S/C23H19N3O5/c27-20-18-15-6-3-9-25(15)23(13-4-1-2-5-14(13)24-22(23)29)19(18)21(28)26(20)12-7-8-16-17(10-12)31-11-30-16/h1-2,4-5,7-8,10,15,18-19H,3,6,9,11H2,(H,24,29)/t15-,18-,19-,23-/m1/s1. The maximum absolute atomic E-state index is 13.9. The zero-order valence-electron chi connectivity index (χ0n) is 16.5. The summed E-state index contributed by atoms with van der Waals surface area (Å²) in [4.78, 5) is 44.4. The Morgan fingerprint density at radius 3 is 2.74 bits per heavy atom. The Hall–Kier alpha value is -3.39. The van der Waals surface area contributed by atoms with Crippen molar-refractivity contribution in [2.75, 3.05) is 23.6 Å². The number of para-hydroxylation sites is 1. The lowest BCUT2D eigenvalue weighted by Crippen LogP contribution is -2.54. The summed E-state index contributed by atoms with van der Waals surface area (Å²) >= 11 is 0. The average Bonchev–Trinajstić information content (AvgIpc) is 3.54. The number of imide groups is 1. The molecule has 8 nitrogen and oxygen atoms in total. The second-order valence-electron chi connectivity index (χ2n) is 8.72. The van der Waals surface area contributed by atoms with Gasteiger partial charge in [-0.25, -0.2) is 4.90 Å². The monoisotopic (exact) mass is 417 g/mol. The van der Waals surface area contributed by atoms with Crippen molar-refractivity contribution < 1.29 is 23.9 Å². The van der Waals surface area contributed by atoms with Crippen LogP contribution >= 0.6 is 0 Å². The van der Waals surface area contributed by atoms with Gasteiger partial charge in [0, 0.05) is 23.4 Å². The Morgan fingerprint density at radius 2 is 1.84 bits per heavy atom. The number of hydrogen-bond acceptors (Lipinski definition) is 6. The SMILES string of the molecule is O=C1[C@@H]2[C@H]3CCCN3[C@@]3(C(=O)Nc4ccccc43)[C@H]2C(=O)N1c1ccc2c(c1)OCO2. The molecule has 3 amide bonds. The van der Waals surface area contributed by atoms with Crippen LogP contribution in [0, 0.1) is 11.8 Å². The molecule has 0 aliphatic carbocycles. The number of rotatable bonds is 1. The average molecular weight is 417 g/mol. The van der Waals surface area contributed by atoms with Crippen LogP contribution in [-0.4, -0.2) is 42.0 Å². The number of nitrogens with zero attached hydrogens (tertiary/aromatic N) is 2. The molecule has 3 fully saturated rings. The Labute approximate surface area is 177 Å². The second-order valence-corrected chi connectivity index (χ2v) is 8.72. The number of carbonyl (C=O) groups is 3. The number of anilines is 2. The van der Waals surface area contributed by atoms with Gasteiger partial charge in [-0.2, -0.15) is 0 Å². The first-order valence-electron chi connectivity index (χ1n) is 10.6. The summed E-state index contributed by atoms with van der Waals surface area (Å²) in [6, 6.07) is 12.5. The van der Waals surface area contributed by atoms with Crippen LogP contribution in [0.1, 0.15) is 18.4 Å².